The van der Waals surface area contributed by atoms with Gasteiger partial charge >= 0.3 is 0 Å². The number of ether oxygens (including phenoxy) is 1. The Morgan fingerprint density at radius 3 is 2.42 bits per heavy atom. The highest BCUT2D eigenvalue weighted by molar-refractivity contribution is 7.92. The highest BCUT2D eigenvalue weighted by Crippen LogP contribution is 2.26. The Labute approximate surface area is 185 Å². The molecule has 3 rings (SSSR count). The van der Waals surface area contributed by atoms with Crippen LogP contribution in [0, 0.1) is 11.3 Å². The van der Waals surface area contributed by atoms with Crippen molar-refractivity contribution < 1.29 is 17.9 Å². The van der Waals surface area contributed by atoms with Crippen LogP contribution >= 0.6 is 11.6 Å². The molecule has 0 saturated carbocycles. The molecule has 0 fully saturated rings. The highest BCUT2D eigenvalue weighted by Gasteiger charge is 2.23. The maximum absolute atomic E-state index is 13.0. The van der Waals surface area contributed by atoms with Crippen LogP contribution in [0.3, 0.4) is 0 Å². The number of rotatable bonds is 7. The smallest absolute Gasteiger partial charge is 0.264 e. The van der Waals surface area contributed by atoms with Crippen molar-refractivity contribution in [2.45, 2.75) is 4.90 Å². The van der Waals surface area contributed by atoms with Crippen molar-refractivity contribution in [2.75, 3.05) is 23.3 Å². The molecule has 1 N–H and O–H groups in total. The van der Waals surface area contributed by atoms with E-state index in [4.69, 9.17) is 21.6 Å². The Morgan fingerprint density at radius 1 is 1.10 bits per heavy atom. The fourth-order valence-corrected chi connectivity index (χ4v) is 4.15. The minimum atomic E-state index is -3.90. The zero-order chi connectivity index (χ0) is 22.4. The molecule has 0 unspecified atom stereocenters. The first-order chi connectivity index (χ1) is 14.8. The van der Waals surface area contributed by atoms with Crippen LogP contribution in [0.2, 0.25) is 5.02 Å². The second-order valence-corrected chi connectivity index (χ2v) is 8.75. The molecular formula is C22H18ClN3O4S. The van der Waals surface area contributed by atoms with Crippen molar-refractivity contribution in [3.63, 3.8) is 0 Å². The summed E-state index contributed by atoms with van der Waals surface area (Å²) in [6.45, 7) is -0.0833. The van der Waals surface area contributed by atoms with Crippen LogP contribution in [0.15, 0.2) is 77.7 Å². The molecule has 0 spiro atoms. The SMILES string of the molecule is CN(c1ccccc1)S(=O)(=O)c1ccc(Cl)c(C(=O)Nc2ccc(OCC#N)cc2)c1. The summed E-state index contributed by atoms with van der Waals surface area (Å²) in [7, 11) is -2.46. The van der Waals surface area contributed by atoms with E-state index in [1.807, 2.05) is 6.07 Å². The van der Waals surface area contributed by atoms with Gasteiger partial charge in [0.25, 0.3) is 15.9 Å². The monoisotopic (exact) mass is 455 g/mol. The number of hydrogen-bond donors (Lipinski definition) is 1. The molecule has 31 heavy (non-hydrogen) atoms. The van der Waals surface area contributed by atoms with Gasteiger partial charge in [-0.2, -0.15) is 5.26 Å². The quantitative estimate of drug-likeness (QED) is 0.572. The van der Waals surface area contributed by atoms with Gasteiger partial charge in [-0.1, -0.05) is 29.8 Å². The van der Waals surface area contributed by atoms with Gasteiger partial charge in [-0.3, -0.25) is 9.10 Å². The molecule has 3 aromatic rings. The van der Waals surface area contributed by atoms with Crippen LogP contribution in [0.4, 0.5) is 11.4 Å². The van der Waals surface area contributed by atoms with E-state index in [1.54, 1.807) is 54.6 Å². The van der Waals surface area contributed by atoms with E-state index in [0.717, 1.165) is 4.31 Å². The number of hydrogen-bond acceptors (Lipinski definition) is 5. The lowest BCUT2D eigenvalue weighted by molar-refractivity contribution is 0.102. The zero-order valence-electron chi connectivity index (χ0n) is 16.4. The molecule has 0 aliphatic carbocycles. The third kappa shape index (κ3) is 5.15. The molecule has 0 aliphatic rings. The highest BCUT2D eigenvalue weighted by atomic mass is 35.5. The second kappa shape index (κ2) is 9.51. The van der Waals surface area contributed by atoms with E-state index in [-0.39, 0.29) is 22.1 Å². The maximum Gasteiger partial charge on any atom is 0.264 e. The fourth-order valence-electron chi connectivity index (χ4n) is 2.72. The second-order valence-electron chi connectivity index (χ2n) is 6.38. The molecule has 0 heterocycles. The summed E-state index contributed by atoms with van der Waals surface area (Å²) in [5, 5.41) is 11.3. The van der Waals surface area contributed by atoms with E-state index >= 15 is 0 Å². The molecule has 0 atom stereocenters. The topological polar surface area (TPSA) is 99.5 Å². The van der Waals surface area contributed by atoms with Gasteiger partial charge in [0.2, 0.25) is 0 Å². The Morgan fingerprint density at radius 2 is 1.77 bits per heavy atom. The summed E-state index contributed by atoms with van der Waals surface area (Å²) in [5.41, 5.74) is 0.969. The lowest BCUT2D eigenvalue weighted by atomic mass is 10.2. The number of sulfonamides is 1. The van der Waals surface area contributed by atoms with Crippen LogP contribution in [0.5, 0.6) is 5.75 Å². The van der Waals surface area contributed by atoms with E-state index in [0.29, 0.717) is 17.1 Å². The molecule has 3 aromatic carbocycles. The number of para-hydroxylation sites is 1. The van der Waals surface area contributed by atoms with Gasteiger partial charge in [-0.05, 0) is 54.6 Å². The number of nitrogens with zero attached hydrogens (tertiary/aromatic N) is 2. The summed E-state index contributed by atoms with van der Waals surface area (Å²) >= 11 is 6.17. The molecule has 0 radical (unpaired) electrons. The molecule has 1 amide bonds. The largest absolute Gasteiger partial charge is 0.479 e. The van der Waals surface area contributed by atoms with Crippen LogP contribution < -0.4 is 14.4 Å². The van der Waals surface area contributed by atoms with Crippen LogP contribution in [0.25, 0.3) is 0 Å². The summed E-state index contributed by atoms with van der Waals surface area (Å²) in [6, 6.07) is 20.9. The Kier molecular flexibility index (Phi) is 6.80. The lowest BCUT2D eigenvalue weighted by Gasteiger charge is -2.20. The first-order valence-corrected chi connectivity index (χ1v) is 10.9. The van der Waals surface area contributed by atoms with Gasteiger partial charge in [0.15, 0.2) is 6.61 Å². The van der Waals surface area contributed by atoms with Crippen LogP contribution in [-0.4, -0.2) is 28.0 Å². The van der Waals surface area contributed by atoms with Gasteiger partial charge in [0.05, 0.1) is 21.2 Å². The first kappa shape index (κ1) is 22.2. The number of halogens is 1. The number of nitrogens with one attached hydrogen (secondary N) is 1. The predicted molar refractivity (Wildman–Crippen MR) is 119 cm³/mol. The number of carbonyl (C=O) groups excluding carboxylic acids is 1. The Hall–Kier alpha value is -3.54. The average molecular weight is 456 g/mol. The molecule has 0 saturated heterocycles. The van der Waals surface area contributed by atoms with Gasteiger partial charge in [0, 0.05) is 12.7 Å². The number of carbonyl (C=O) groups is 1. The van der Waals surface area contributed by atoms with Crippen molar-refractivity contribution in [2.24, 2.45) is 0 Å². The summed E-state index contributed by atoms with van der Waals surface area (Å²) in [4.78, 5) is 12.7. The third-order valence-electron chi connectivity index (χ3n) is 4.38. The fraction of sp³-hybridized carbons (Fsp3) is 0.0909. The van der Waals surface area contributed by atoms with E-state index < -0.39 is 15.9 Å². The lowest BCUT2D eigenvalue weighted by Crippen LogP contribution is -2.27. The van der Waals surface area contributed by atoms with E-state index in [9.17, 15) is 13.2 Å². The molecule has 9 heteroatoms. The van der Waals surface area contributed by atoms with Crippen molar-refractivity contribution in [1.29, 1.82) is 5.26 Å². The van der Waals surface area contributed by atoms with Gasteiger partial charge in [-0.25, -0.2) is 8.42 Å². The number of benzene rings is 3. The average Bonchev–Trinajstić information content (AvgIpc) is 2.78. The molecule has 0 aromatic heterocycles. The number of nitriles is 1. The van der Waals surface area contributed by atoms with Gasteiger partial charge in [-0.15, -0.1) is 0 Å². The third-order valence-corrected chi connectivity index (χ3v) is 6.49. The van der Waals surface area contributed by atoms with Gasteiger partial charge in [0.1, 0.15) is 11.8 Å². The van der Waals surface area contributed by atoms with E-state index in [1.165, 1.54) is 25.2 Å². The summed E-state index contributed by atoms with van der Waals surface area (Å²) in [6.07, 6.45) is 0. The molecule has 0 bridgehead atoms. The van der Waals surface area contributed by atoms with Crippen LogP contribution in [0.1, 0.15) is 10.4 Å². The first-order valence-electron chi connectivity index (χ1n) is 9.07. The molecule has 158 valence electrons. The predicted octanol–water partition coefficient (Wildman–Crippen LogP) is 4.32. The summed E-state index contributed by atoms with van der Waals surface area (Å²) in [5.74, 6) is -0.0790. The minimum absolute atomic E-state index is 0.0222. The standard InChI is InChI=1S/C22H18ClN3O4S/c1-26(17-5-3-2-4-6-17)31(28,29)19-11-12-21(23)20(15-19)22(27)25-16-7-9-18(10-8-16)30-14-13-24/h2-12,15H,14H2,1H3,(H,25,27). The summed E-state index contributed by atoms with van der Waals surface area (Å²) < 4.78 is 32.3. The number of amides is 1. The zero-order valence-corrected chi connectivity index (χ0v) is 18.0. The minimum Gasteiger partial charge on any atom is -0.479 e. The van der Waals surface area contributed by atoms with E-state index in [2.05, 4.69) is 5.32 Å². The van der Waals surface area contributed by atoms with Crippen molar-refractivity contribution in [3.8, 4) is 11.8 Å². The Bertz CT molecular complexity index is 1220. The number of anilines is 2. The van der Waals surface area contributed by atoms with Gasteiger partial charge < -0.3 is 10.1 Å². The Balaban J connectivity index is 1.83. The normalized spacial score (nSPS) is 10.7. The van der Waals surface area contributed by atoms with Crippen molar-refractivity contribution in [3.05, 3.63) is 83.4 Å². The molecular weight excluding hydrogens is 438 g/mol. The van der Waals surface area contributed by atoms with Crippen LogP contribution in [-0.2, 0) is 10.0 Å². The maximum atomic E-state index is 13.0. The van der Waals surface area contributed by atoms with Crippen molar-refractivity contribution in [1.82, 2.24) is 0 Å². The molecule has 0 aliphatic heterocycles. The van der Waals surface area contributed by atoms with Crippen molar-refractivity contribution >= 4 is 38.9 Å². The molecule has 7 nitrogen and oxygen atoms in total.